The molecule has 0 spiro atoms. The largest absolute Gasteiger partial charge is 0.478 e. The van der Waals surface area contributed by atoms with Crippen LogP contribution >= 0.6 is 0 Å². The van der Waals surface area contributed by atoms with E-state index in [0.717, 1.165) is 26.0 Å². The van der Waals surface area contributed by atoms with E-state index in [-0.39, 0.29) is 17.5 Å². The molecule has 110 valence electrons. The first-order valence-corrected chi connectivity index (χ1v) is 6.95. The Hall–Kier alpha value is -1.46. The minimum absolute atomic E-state index is 0.110. The van der Waals surface area contributed by atoms with Crippen molar-refractivity contribution < 1.29 is 19.0 Å². The zero-order valence-electron chi connectivity index (χ0n) is 11.6. The summed E-state index contributed by atoms with van der Waals surface area (Å²) < 4.78 is 19.2. The lowest BCUT2D eigenvalue weighted by Crippen LogP contribution is -2.28. The van der Waals surface area contributed by atoms with Crippen LogP contribution in [-0.4, -0.2) is 30.3 Å². The molecule has 1 fully saturated rings. The molecule has 0 radical (unpaired) electrons. The minimum atomic E-state index is -1.04. The summed E-state index contributed by atoms with van der Waals surface area (Å²) in [6.45, 7) is 3.97. The molecular formula is C15H20FNO3. The predicted octanol–water partition coefficient (Wildman–Crippen LogP) is 2.43. The first kappa shape index (κ1) is 14.9. The van der Waals surface area contributed by atoms with Crippen LogP contribution in [0.25, 0.3) is 0 Å². The molecule has 0 bridgehead atoms. The standard InChI is InChI=1S/C15H20FNO3/c1-2-14-11(5-6-20-14)8-17-9-12-7-10(15(18)19)3-4-13(12)16/h3-4,7,11,14,17H,2,5-6,8-9H2,1H3,(H,18,19). The van der Waals surface area contributed by atoms with Gasteiger partial charge < -0.3 is 15.2 Å². The maximum Gasteiger partial charge on any atom is 0.335 e. The fourth-order valence-electron chi connectivity index (χ4n) is 2.61. The molecule has 20 heavy (non-hydrogen) atoms. The van der Waals surface area contributed by atoms with Crippen LogP contribution in [0.3, 0.4) is 0 Å². The van der Waals surface area contributed by atoms with E-state index in [1.807, 2.05) is 0 Å². The molecule has 0 saturated carbocycles. The molecule has 4 nitrogen and oxygen atoms in total. The summed E-state index contributed by atoms with van der Waals surface area (Å²) in [4.78, 5) is 10.9. The van der Waals surface area contributed by atoms with Crippen molar-refractivity contribution in [3.05, 3.63) is 35.1 Å². The third-order valence-electron chi connectivity index (χ3n) is 3.76. The highest BCUT2D eigenvalue weighted by Gasteiger charge is 2.26. The van der Waals surface area contributed by atoms with E-state index in [0.29, 0.717) is 18.0 Å². The second-order valence-electron chi connectivity index (χ2n) is 5.11. The first-order chi connectivity index (χ1) is 9.61. The smallest absolute Gasteiger partial charge is 0.335 e. The number of ether oxygens (including phenoxy) is 1. The van der Waals surface area contributed by atoms with Crippen LogP contribution in [0.4, 0.5) is 4.39 Å². The molecule has 0 amide bonds. The van der Waals surface area contributed by atoms with Crippen LogP contribution in [0.1, 0.15) is 35.7 Å². The summed E-state index contributed by atoms with van der Waals surface area (Å²) in [5, 5.41) is 12.1. The second kappa shape index (κ2) is 6.81. The number of carbonyl (C=O) groups is 1. The summed E-state index contributed by atoms with van der Waals surface area (Å²) in [7, 11) is 0. The molecule has 1 heterocycles. The summed E-state index contributed by atoms with van der Waals surface area (Å²) in [5.41, 5.74) is 0.496. The highest BCUT2D eigenvalue weighted by molar-refractivity contribution is 5.87. The zero-order valence-corrected chi connectivity index (χ0v) is 11.6. The number of carboxylic acid groups (broad SMARTS) is 1. The SMILES string of the molecule is CCC1OCCC1CNCc1cc(C(=O)O)ccc1F. The highest BCUT2D eigenvalue weighted by Crippen LogP contribution is 2.22. The van der Waals surface area contributed by atoms with Gasteiger partial charge in [0.15, 0.2) is 0 Å². The van der Waals surface area contributed by atoms with Crippen molar-refractivity contribution in [1.29, 1.82) is 0 Å². The van der Waals surface area contributed by atoms with Crippen molar-refractivity contribution in [3.63, 3.8) is 0 Å². The molecule has 1 aromatic carbocycles. The van der Waals surface area contributed by atoms with Gasteiger partial charge in [-0.1, -0.05) is 6.92 Å². The maximum absolute atomic E-state index is 13.6. The van der Waals surface area contributed by atoms with Crippen LogP contribution in [-0.2, 0) is 11.3 Å². The van der Waals surface area contributed by atoms with Crippen molar-refractivity contribution in [2.75, 3.05) is 13.2 Å². The molecule has 1 aromatic rings. The highest BCUT2D eigenvalue weighted by atomic mass is 19.1. The lowest BCUT2D eigenvalue weighted by molar-refractivity contribution is 0.0696. The molecule has 2 unspecified atom stereocenters. The van der Waals surface area contributed by atoms with Crippen molar-refractivity contribution >= 4 is 5.97 Å². The summed E-state index contributed by atoms with van der Waals surface area (Å²) in [6, 6.07) is 3.86. The van der Waals surface area contributed by atoms with Gasteiger partial charge in [0.1, 0.15) is 5.82 Å². The van der Waals surface area contributed by atoms with Gasteiger partial charge in [0.05, 0.1) is 11.7 Å². The van der Waals surface area contributed by atoms with E-state index >= 15 is 0 Å². The molecule has 1 aliphatic heterocycles. The van der Waals surface area contributed by atoms with Crippen LogP contribution in [0, 0.1) is 11.7 Å². The Kier molecular flexibility index (Phi) is 5.09. The maximum atomic E-state index is 13.6. The van der Waals surface area contributed by atoms with Crippen molar-refractivity contribution in [3.8, 4) is 0 Å². The number of nitrogens with one attached hydrogen (secondary N) is 1. The van der Waals surface area contributed by atoms with E-state index in [1.54, 1.807) is 0 Å². The predicted molar refractivity (Wildman–Crippen MR) is 73.2 cm³/mol. The van der Waals surface area contributed by atoms with Crippen LogP contribution in [0.2, 0.25) is 0 Å². The van der Waals surface area contributed by atoms with Crippen LogP contribution in [0.15, 0.2) is 18.2 Å². The van der Waals surface area contributed by atoms with Crippen LogP contribution < -0.4 is 5.32 Å². The Morgan fingerprint density at radius 2 is 2.35 bits per heavy atom. The molecule has 2 rings (SSSR count). The number of aromatic carboxylic acids is 1. The lowest BCUT2D eigenvalue weighted by atomic mass is 9.99. The topological polar surface area (TPSA) is 58.6 Å². The van der Waals surface area contributed by atoms with E-state index in [4.69, 9.17) is 9.84 Å². The summed E-state index contributed by atoms with van der Waals surface area (Å²) in [5.74, 6) is -0.968. The Balaban J connectivity index is 1.90. The number of carboxylic acids is 1. The third kappa shape index (κ3) is 3.55. The molecular weight excluding hydrogens is 261 g/mol. The number of halogens is 1. The average Bonchev–Trinajstić information content (AvgIpc) is 2.88. The Morgan fingerprint density at radius 1 is 1.55 bits per heavy atom. The first-order valence-electron chi connectivity index (χ1n) is 6.95. The van der Waals surface area contributed by atoms with Crippen molar-refractivity contribution in [2.24, 2.45) is 5.92 Å². The normalized spacial score (nSPS) is 22.1. The van der Waals surface area contributed by atoms with Crippen LogP contribution in [0.5, 0.6) is 0 Å². The van der Waals surface area contributed by atoms with E-state index < -0.39 is 5.97 Å². The van der Waals surface area contributed by atoms with E-state index in [2.05, 4.69) is 12.2 Å². The number of hydrogen-bond acceptors (Lipinski definition) is 3. The average molecular weight is 281 g/mol. The van der Waals surface area contributed by atoms with Gasteiger partial charge in [-0.25, -0.2) is 9.18 Å². The Labute approximate surface area is 117 Å². The molecule has 2 atom stereocenters. The summed E-state index contributed by atoms with van der Waals surface area (Å²) in [6.07, 6.45) is 2.27. The number of hydrogen-bond donors (Lipinski definition) is 2. The van der Waals surface area contributed by atoms with Crippen molar-refractivity contribution in [1.82, 2.24) is 5.32 Å². The Morgan fingerprint density at radius 3 is 3.05 bits per heavy atom. The lowest BCUT2D eigenvalue weighted by Gasteiger charge is -2.17. The number of rotatable bonds is 6. The molecule has 1 saturated heterocycles. The van der Waals surface area contributed by atoms with Crippen molar-refractivity contribution in [2.45, 2.75) is 32.4 Å². The number of benzene rings is 1. The van der Waals surface area contributed by atoms with Gasteiger partial charge >= 0.3 is 5.97 Å². The zero-order chi connectivity index (χ0) is 14.5. The molecule has 5 heteroatoms. The van der Waals surface area contributed by atoms with Gasteiger partial charge in [-0.05, 0) is 37.0 Å². The summed E-state index contributed by atoms with van der Waals surface area (Å²) >= 11 is 0. The minimum Gasteiger partial charge on any atom is -0.478 e. The second-order valence-corrected chi connectivity index (χ2v) is 5.11. The van der Waals surface area contributed by atoms with E-state index in [9.17, 15) is 9.18 Å². The quantitative estimate of drug-likeness (QED) is 0.841. The van der Waals surface area contributed by atoms with E-state index in [1.165, 1.54) is 18.2 Å². The van der Waals surface area contributed by atoms with Gasteiger partial charge in [-0.3, -0.25) is 0 Å². The molecule has 2 N–H and O–H groups in total. The van der Waals surface area contributed by atoms with Gasteiger partial charge in [-0.15, -0.1) is 0 Å². The Bertz CT molecular complexity index is 478. The molecule has 0 aromatic heterocycles. The van der Waals surface area contributed by atoms with Gasteiger partial charge in [0.25, 0.3) is 0 Å². The van der Waals surface area contributed by atoms with Gasteiger partial charge in [0.2, 0.25) is 0 Å². The third-order valence-corrected chi connectivity index (χ3v) is 3.76. The molecule has 0 aliphatic carbocycles. The molecule has 1 aliphatic rings. The van der Waals surface area contributed by atoms with Gasteiger partial charge in [-0.2, -0.15) is 0 Å². The fraction of sp³-hybridized carbons (Fsp3) is 0.533. The fourth-order valence-corrected chi connectivity index (χ4v) is 2.61. The monoisotopic (exact) mass is 281 g/mol. The van der Waals surface area contributed by atoms with Gasteiger partial charge in [0, 0.05) is 25.3 Å².